The molecule has 0 atom stereocenters. The Bertz CT molecular complexity index is 1420. The zero-order valence-corrected chi connectivity index (χ0v) is 20.1. The Morgan fingerprint density at radius 1 is 1.12 bits per heavy atom. The number of carbonyl (C=O) groups is 1. The van der Waals surface area contributed by atoms with Crippen LogP contribution in [-0.2, 0) is 4.79 Å². The van der Waals surface area contributed by atoms with Crippen LogP contribution in [0.25, 0.3) is 27.6 Å². The Labute approximate surface area is 208 Å². The number of amidine groups is 1. The van der Waals surface area contributed by atoms with Gasteiger partial charge in [-0.05, 0) is 48.2 Å². The van der Waals surface area contributed by atoms with Gasteiger partial charge in [0.25, 0.3) is 5.91 Å². The van der Waals surface area contributed by atoms with E-state index in [1.54, 1.807) is 41.3 Å². The molecule has 0 aliphatic carbocycles. The molecule has 1 amide bonds. The summed E-state index contributed by atoms with van der Waals surface area (Å²) in [5, 5.41) is 2.01. The number of amides is 1. The van der Waals surface area contributed by atoms with Gasteiger partial charge in [-0.2, -0.15) is 4.99 Å². The summed E-state index contributed by atoms with van der Waals surface area (Å²) in [4.78, 5) is 24.3. The number of thiazole rings is 1. The fraction of sp³-hybridized carbons (Fsp3) is 0.0417. The highest BCUT2D eigenvalue weighted by molar-refractivity contribution is 8.18. The van der Waals surface area contributed by atoms with E-state index in [9.17, 15) is 4.79 Å². The van der Waals surface area contributed by atoms with E-state index in [0.717, 1.165) is 10.2 Å². The standard InChI is InChI=1S/C24H15Cl2N3O2S2/c1-2-12-29-22(30)20(33-24(29)28-23-27-17-8-3-4-9-19(17)32-23)13-14-10-11-18(31-14)15-6-5-7-16(25)21(15)26/h2-11,13H,1,12H2/b20-13-,28-24+. The minimum atomic E-state index is -0.168. The average Bonchev–Trinajstić information content (AvgIpc) is 3.50. The van der Waals surface area contributed by atoms with E-state index in [4.69, 9.17) is 27.6 Å². The van der Waals surface area contributed by atoms with Crippen molar-refractivity contribution in [2.24, 2.45) is 4.99 Å². The van der Waals surface area contributed by atoms with E-state index >= 15 is 0 Å². The van der Waals surface area contributed by atoms with Crippen LogP contribution >= 0.6 is 46.3 Å². The van der Waals surface area contributed by atoms with Gasteiger partial charge in [0.2, 0.25) is 5.13 Å². The van der Waals surface area contributed by atoms with Crippen molar-refractivity contribution in [1.82, 2.24) is 9.88 Å². The van der Waals surface area contributed by atoms with Crippen molar-refractivity contribution < 1.29 is 9.21 Å². The number of thioether (sulfide) groups is 1. The molecular formula is C24H15Cl2N3O2S2. The van der Waals surface area contributed by atoms with Crippen molar-refractivity contribution in [3.63, 3.8) is 0 Å². The molecule has 9 heteroatoms. The monoisotopic (exact) mass is 511 g/mol. The molecule has 5 nitrogen and oxygen atoms in total. The minimum absolute atomic E-state index is 0.168. The maximum atomic E-state index is 13.1. The molecule has 1 aliphatic rings. The largest absolute Gasteiger partial charge is 0.457 e. The molecular weight excluding hydrogens is 497 g/mol. The number of para-hydroxylation sites is 1. The predicted molar refractivity (Wildman–Crippen MR) is 138 cm³/mol. The molecule has 0 saturated carbocycles. The van der Waals surface area contributed by atoms with Crippen LogP contribution in [0.5, 0.6) is 0 Å². The third-order valence-corrected chi connectivity index (χ3v) is 7.55. The van der Waals surface area contributed by atoms with Crippen LogP contribution in [0.3, 0.4) is 0 Å². The van der Waals surface area contributed by atoms with E-state index < -0.39 is 0 Å². The van der Waals surface area contributed by atoms with Gasteiger partial charge in [0.1, 0.15) is 11.5 Å². The highest BCUT2D eigenvalue weighted by Gasteiger charge is 2.33. The SMILES string of the molecule is C=CCN1C(=O)/C(=C/c2ccc(-c3cccc(Cl)c3Cl)o2)S/C1=N/c1nc2ccccc2s1. The van der Waals surface area contributed by atoms with Gasteiger partial charge in [-0.1, -0.05) is 58.8 Å². The van der Waals surface area contributed by atoms with Crippen LogP contribution in [0.1, 0.15) is 5.76 Å². The summed E-state index contributed by atoms with van der Waals surface area (Å²) in [7, 11) is 0. The first-order chi connectivity index (χ1) is 16.0. The number of carbonyl (C=O) groups excluding carboxylic acids is 1. The molecule has 0 radical (unpaired) electrons. The third kappa shape index (κ3) is 4.37. The van der Waals surface area contributed by atoms with Crippen molar-refractivity contribution in [3.05, 3.63) is 88.0 Å². The molecule has 3 heterocycles. The third-order valence-electron chi connectivity index (χ3n) is 4.79. The fourth-order valence-electron chi connectivity index (χ4n) is 3.27. The molecule has 164 valence electrons. The number of nitrogens with zero attached hydrogens (tertiary/aromatic N) is 3. The highest BCUT2D eigenvalue weighted by atomic mass is 35.5. The normalized spacial score (nSPS) is 16.4. The summed E-state index contributed by atoms with van der Waals surface area (Å²) in [6, 6.07) is 16.8. The number of rotatable bonds is 5. The Morgan fingerprint density at radius 3 is 2.79 bits per heavy atom. The summed E-state index contributed by atoms with van der Waals surface area (Å²) in [5.41, 5.74) is 1.57. The number of benzene rings is 2. The zero-order chi connectivity index (χ0) is 22.9. The van der Waals surface area contributed by atoms with Gasteiger partial charge in [0, 0.05) is 18.2 Å². The van der Waals surface area contributed by atoms with Gasteiger partial charge in [-0.15, -0.1) is 6.58 Å². The quantitative estimate of drug-likeness (QED) is 0.204. The number of hydrogen-bond acceptors (Lipinski definition) is 6. The number of fused-ring (bicyclic) bond motifs is 1. The van der Waals surface area contributed by atoms with E-state index in [1.807, 2.05) is 30.3 Å². The maximum Gasteiger partial charge on any atom is 0.267 e. The van der Waals surface area contributed by atoms with Crippen molar-refractivity contribution >= 4 is 78.8 Å². The predicted octanol–water partition coefficient (Wildman–Crippen LogP) is 7.65. The van der Waals surface area contributed by atoms with Crippen LogP contribution in [0, 0.1) is 0 Å². The molecule has 4 aromatic rings. The molecule has 0 unspecified atom stereocenters. The molecule has 1 fully saturated rings. The second kappa shape index (κ2) is 9.19. The smallest absolute Gasteiger partial charge is 0.267 e. The summed E-state index contributed by atoms with van der Waals surface area (Å²) >= 11 is 15.2. The van der Waals surface area contributed by atoms with Gasteiger partial charge in [-0.3, -0.25) is 9.69 Å². The van der Waals surface area contributed by atoms with Crippen LogP contribution in [0.15, 0.2) is 81.6 Å². The van der Waals surface area contributed by atoms with E-state index in [1.165, 1.54) is 23.1 Å². The second-order valence-corrected chi connectivity index (χ2v) is 9.78. The Morgan fingerprint density at radius 2 is 1.97 bits per heavy atom. The molecule has 2 aromatic heterocycles. The maximum absolute atomic E-state index is 13.1. The molecule has 5 rings (SSSR count). The lowest BCUT2D eigenvalue weighted by Gasteiger charge is -2.11. The molecule has 0 N–H and O–H groups in total. The van der Waals surface area contributed by atoms with Gasteiger partial charge in [-0.25, -0.2) is 4.98 Å². The number of aliphatic imine (C=N–C) groups is 1. The molecule has 1 aliphatic heterocycles. The first kappa shape index (κ1) is 22.0. The van der Waals surface area contributed by atoms with E-state index in [-0.39, 0.29) is 5.91 Å². The number of furan rings is 1. The first-order valence-electron chi connectivity index (χ1n) is 9.84. The van der Waals surface area contributed by atoms with Gasteiger partial charge < -0.3 is 4.42 Å². The van der Waals surface area contributed by atoms with Crippen molar-refractivity contribution in [1.29, 1.82) is 0 Å². The molecule has 0 bridgehead atoms. The van der Waals surface area contributed by atoms with Gasteiger partial charge in [0.15, 0.2) is 5.17 Å². The lowest BCUT2D eigenvalue weighted by molar-refractivity contribution is -0.121. The molecule has 2 aromatic carbocycles. The Hall–Kier alpha value is -2.84. The minimum Gasteiger partial charge on any atom is -0.457 e. The highest BCUT2D eigenvalue weighted by Crippen LogP contribution is 2.38. The summed E-state index contributed by atoms with van der Waals surface area (Å²) < 4.78 is 6.97. The van der Waals surface area contributed by atoms with Crippen LogP contribution in [-0.4, -0.2) is 27.5 Å². The fourth-order valence-corrected chi connectivity index (χ4v) is 5.53. The molecule has 1 saturated heterocycles. The molecule has 0 spiro atoms. The van der Waals surface area contributed by atoms with Crippen molar-refractivity contribution in [3.8, 4) is 11.3 Å². The number of aromatic nitrogens is 1. The average molecular weight is 512 g/mol. The molecule has 33 heavy (non-hydrogen) atoms. The summed E-state index contributed by atoms with van der Waals surface area (Å²) in [6.45, 7) is 4.11. The van der Waals surface area contributed by atoms with Gasteiger partial charge in [0.05, 0.1) is 25.2 Å². The zero-order valence-electron chi connectivity index (χ0n) is 17.0. The first-order valence-corrected chi connectivity index (χ1v) is 12.2. The van der Waals surface area contributed by atoms with Crippen LogP contribution in [0.2, 0.25) is 10.0 Å². The van der Waals surface area contributed by atoms with E-state index in [0.29, 0.717) is 48.9 Å². The van der Waals surface area contributed by atoms with Gasteiger partial charge >= 0.3 is 0 Å². The van der Waals surface area contributed by atoms with Crippen LogP contribution < -0.4 is 0 Å². The summed E-state index contributed by atoms with van der Waals surface area (Å²) in [5.74, 6) is 0.922. The lowest BCUT2D eigenvalue weighted by atomic mass is 10.2. The van der Waals surface area contributed by atoms with Crippen molar-refractivity contribution in [2.45, 2.75) is 0 Å². The second-order valence-electron chi connectivity index (χ2n) is 6.98. The van der Waals surface area contributed by atoms with Crippen molar-refractivity contribution in [2.75, 3.05) is 6.54 Å². The Kier molecular flexibility index (Phi) is 6.12. The number of halogens is 2. The van der Waals surface area contributed by atoms with E-state index in [2.05, 4.69) is 16.6 Å². The topological polar surface area (TPSA) is 58.7 Å². The number of hydrogen-bond donors (Lipinski definition) is 0. The Balaban J connectivity index is 1.46. The van der Waals surface area contributed by atoms with Crippen LogP contribution in [0.4, 0.5) is 5.13 Å². The summed E-state index contributed by atoms with van der Waals surface area (Å²) in [6.07, 6.45) is 3.37. The lowest BCUT2D eigenvalue weighted by Crippen LogP contribution is -2.29.